The lowest BCUT2D eigenvalue weighted by Crippen LogP contribution is -2.38. The first-order chi connectivity index (χ1) is 8.13. The Morgan fingerprint density at radius 1 is 1.47 bits per heavy atom. The Kier molecular flexibility index (Phi) is 6.34. The maximum Gasteiger partial charge on any atom is 0.309 e. The van der Waals surface area contributed by atoms with Gasteiger partial charge in [-0.2, -0.15) is 11.8 Å². The molecular weight excluding hydrogens is 234 g/mol. The summed E-state index contributed by atoms with van der Waals surface area (Å²) in [4.78, 5) is 11.5. The van der Waals surface area contributed by atoms with Crippen LogP contribution >= 0.6 is 11.8 Å². The number of hydrogen-bond donors (Lipinski definition) is 1. The van der Waals surface area contributed by atoms with Crippen LogP contribution in [0.25, 0.3) is 0 Å². The number of esters is 1. The molecule has 0 aromatic heterocycles. The van der Waals surface area contributed by atoms with Gasteiger partial charge in [0.15, 0.2) is 0 Å². The van der Waals surface area contributed by atoms with Crippen LogP contribution in [-0.2, 0) is 9.53 Å². The predicted octanol–water partition coefficient (Wildman–Crippen LogP) is 2.45. The maximum atomic E-state index is 11.5. The number of carbonyl (C=O) groups excluding carboxylic acids is 1. The van der Waals surface area contributed by atoms with Crippen LogP contribution in [0.5, 0.6) is 0 Å². The van der Waals surface area contributed by atoms with Gasteiger partial charge in [0, 0.05) is 17.8 Å². The summed E-state index contributed by atoms with van der Waals surface area (Å²) >= 11 is 1.97. The smallest absolute Gasteiger partial charge is 0.309 e. The summed E-state index contributed by atoms with van der Waals surface area (Å²) in [6, 6.07) is 0. The Hall–Kier alpha value is -0.220. The van der Waals surface area contributed by atoms with Gasteiger partial charge in [-0.1, -0.05) is 19.8 Å². The normalized spacial score (nSPS) is 20.2. The average molecular weight is 259 g/mol. The first kappa shape index (κ1) is 14.8. The quantitative estimate of drug-likeness (QED) is 0.713. The minimum absolute atomic E-state index is 0.0461. The van der Waals surface area contributed by atoms with Crippen molar-refractivity contribution in [3.05, 3.63) is 0 Å². The monoisotopic (exact) mass is 259 g/mol. The molecule has 1 aliphatic carbocycles. The van der Waals surface area contributed by atoms with E-state index in [4.69, 9.17) is 4.74 Å². The van der Waals surface area contributed by atoms with Gasteiger partial charge in [0.2, 0.25) is 0 Å². The molecule has 1 fully saturated rings. The van der Waals surface area contributed by atoms with Crippen LogP contribution in [-0.4, -0.2) is 36.7 Å². The minimum Gasteiger partial charge on any atom is -0.466 e. The van der Waals surface area contributed by atoms with E-state index < -0.39 is 0 Å². The van der Waals surface area contributed by atoms with Crippen molar-refractivity contribution in [1.82, 2.24) is 5.32 Å². The second-order valence-corrected chi connectivity index (χ2v) is 6.15. The fourth-order valence-electron chi connectivity index (χ4n) is 2.36. The molecular formula is C13H25NO2S. The molecule has 1 unspecified atom stereocenters. The average Bonchev–Trinajstić information content (AvgIpc) is 2.78. The molecule has 1 rings (SSSR count). The van der Waals surface area contributed by atoms with Gasteiger partial charge in [-0.05, 0) is 26.0 Å². The summed E-state index contributed by atoms with van der Waals surface area (Å²) in [5.74, 6) is -0.139. The van der Waals surface area contributed by atoms with Crippen molar-refractivity contribution in [1.29, 1.82) is 0 Å². The largest absolute Gasteiger partial charge is 0.466 e. The van der Waals surface area contributed by atoms with Crippen molar-refractivity contribution in [3.8, 4) is 0 Å². The zero-order chi connectivity index (χ0) is 12.7. The fraction of sp³-hybridized carbons (Fsp3) is 0.923. The standard InChI is InChI=1S/C13H25NO2S/c1-4-16-12(15)11(2)9-14-10-13(17-3)7-5-6-8-13/h11,14H,4-10H2,1-3H3. The molecule has 0 aromatic rings. The molecule has 1 atom stereocenters. The third-order valence-corrected chi connectivity index (χ3v) is 4.95. The second-order valence-electron chi connectivity index (χ2n) is 4.88. The van der Waals surface area contributed by atoms with Crippen LogP contribution in [0.4, 0.5) is 0 Å². The molecule has 0 radical (unpaired) electrons. The Morgan fingerprint density at radius 3 is 2.65 bits per heavy atom. The Morgan fingerprint density at radius 2 is 2.12 bits per heavy atom. The molecule has 0 saturated heterocycles. The molecule has 0 amide bonds. The van der Waals surface area contributed by atoms with Gasteiger partial charge in [-0.15, -0.1) is 0 Å². The fourth-order valence-corrected chi connectivity index (χ4v) is 3.30. The van der Waals surface area contributed by atoms with E-state index in [-0.39, 0.29) is 11.9 Å². The van der Waals surface area contributed by atoms with Crippen LogP contribution in [0.15, 0.2) is 0 Å². The van der Waals surface area contributed by atoms with Crippen molar-refractivity contribution in [2.45, 2.75) is 44.3 Å². The Labute approximate surface area is 109 Å². The summed E-state index contributed by atoms with van der Waals surface area (Å²) in [6.07, 6.45) is 7.48. The zero-order valence-corrected chi connectivity index (χ0v) is 12.1. The summed E-state index contributed by atoms with van der Waals surface area (Å²) in [5, 5.41) is 3.44. The summed E-state index contributed by atoms with van der Waals surface area (Å²) in [6.45, 7) is 5.97. The van der Waals surface area contributed by atoms with Gasteiger partial charge < -0.3 is 10.1 Å². The highest BCUT2D eigenvalue weighted by molar-refractivity contribution is 8.00. The van der Waals surface area contributed by atoms with E-state index in [2.05, 4.69) is 11.6 Å². The molecule has 0 heterocycles. The molecule has 17 heavy (non-hydrogen) atoms. The molecule has 0 spiro atoms. The van der Waals surface area contributed by atoms with E-state index in [1.54, 1.807) is 0 Å². The minimum atomic E-state index is -0.0929. The molecule has 0 aromatic carbocycles. The van der Waals surface area contributed by atoms with E-state index >= 15 is 0 Å². The van der Waals surface area contributed by atoms with Gasteiger partial charge in [-0.3, -0.25) is 4.79 Å². The Balaban J connectivity index is 2.24. The van der Waals surface area contributed by atoms with Crippen LogP contribution in [0.1, 0.15) is 39.5 Å². The predicted molar refractivity (Wildman–Crippen MR) is 73.4 cm³/mol. The molecule has 100 valence electrons. The van der Waals surface area contributed by atoms with Gasteiger partial charge in [0.25, 0.3) is 0 Å². The summed E-state index contributed by atoms with van der Waals surface area (Å²) in [7, 11) is 0. The Bertz CT molecular complexity index is 240. The lowest BCUT2D eigenvalue weighted by molar-refractivity contribution is -0.147. The van der Waals surface area contributed by atoms with Gasteiger partial charge in [0.1, 0.15) is 0 Å². The van der Waals surface area contributed by atoms with Crippen molar-refractivity contribution in [3.63, 3.8) is 0 Å². The lowest BCUT2D eigenvalue weighted by Gasteiger charge is -2.27. The van der Waals surface area contributed by atoms with Crippen molar-refractivity contribution in [2.75, 3.05) is 26.0 Å². The van der Waals surface area contributed by atoms with Crippen molar-refractivity contribution < 1.29 is 9.53 Å². The van der Waals surface area contributed by atoms with Crippen molar-refractivity contribution >= 4 is 17.7 Å². The third-order valence-electron chi connectivity index (χ3n) is 3.53. The van der Waals surface area contributed by atoms with E-state index in [0.29, 0.717) is 11.4 Å². The van der Waals surface area contributed by atoms with Gasteiger partial charge in [-0.25, -0.2) is 0 Å². The van der Waals surface area contributed by atoms with Crippen LogP contribution in [0, 0.1) is 5.92 Å². The van der Waals surface area contributed by atoms with Gasteiger partial charge >= 0.3 is 5.97 Å². The molecule has 1 saturated carbocycles. The third kappa shape index (κ3) is 4.51. The molecule has 1 aliphatic rings. The molecule has 4 heteroatoms. The van der Waals surface area contributed by atoms with E-state index in [9.17, 15) is 4.79 Å². The number of nitrogens with one attached hydrogen (secondary N) is 1. The summed E-state index contributed by atoms with van der Waals surface area (Å²) < 4.78 is 5.40. The van der Waals surface area contributed by atoms with Crippen molar-refractivity contribution in [2.24, 2.45) is 5.92 Å². The maximum absolute atomic E-state index is 11.5. The first-order valence-electron chi connectivity index (χ1n) is 6.56. The number of carbonyl (C=O) groups is 1. The molecule has 0 bridgehead atoms. The molecule has 1 N–H and O–H groups in total. The number of hydrogen-bond acceptors (Lipinski definition) is 4. The van der Waals surface area contributed by atoms with E-state index in [1.807, 2.05) is 25.6 Å². The topological polar surface area (TPSA) is 38.3 Å². The molecule has 0 aliphatic heterocycles. The van der Waals surface area contributed by atoms with E-state index in [0.717, 1.165) is 13.1 Å². The first-order valence-corrected chi connectivity index (χ1v) is 7.78. The van der Waals surface area contributed by atoms with E-state index in [1.165, 1.54) is 25.7 Å². The number of rotatable bonds is 7. The SMILES string of the molecule is CCOC(=O)C(C)CNCC1(SC)CCCC1. The lowest BCUT2D eigenvalue weighted by atomic mass is 10.1. The highest BCUT2D eigenvalue weighted by Crippen LogP contribution is 2.39. The van der Waals surface area contributed by atoms with Gasteiger partial charge in [0.05, 0.1) is 12.5 Å². The number of thioether (sulfide) groups is 1. The van der Waals surface area contributed by atoms with Crippen LogP contribution < -0.4 is 5.32 Å². The number of ether oxygens (including phenoxy) is 1. The van der Waals surface area contributed by atoms with Crippen LogP contribution in [0.2, 0.25) is 0 Å². The highest BCUT2D eigenvalue weighted by atomic mass is 32.2. The summed E-state index contributed by atoms with van der Waals surface area (Å²) in [5.41, 5.74) is 0. The van der Waals surface area contributed by atoms with Crippen LogP contribution in [0.3, 0.4) is 0 Å². The molecule has 3 nitrogen and oxygen atoms in total. The highest BCUT2D eigenvalue weighted by Gasteiger charge is 2.32. The zero-order valence-electron chi connectivity index (χ0n) is 11.3. The second kappa shape index (κ2) is 7.27.